The highest BCUT2D eigenvalue weighted by molar-refractivity contribution is 6.05. The van der Waals surface area contributed by atoms with Crippen LogP contribution in [0.1, 0.15) is 42.9 Å². The summed E-state index contributed by atoms with van der Waals surface area (Å²) >= 11 is 0. The molecule has 2 unspecified atom stereocenters. The number of nitrogens with zero attached hydrogens (tertiary/aromatic N) is 3. The number of aliphatic hydroxyl groups excluding tert-OH is 1. The highest BCUT2D eigenvalue weighted by Crippen LogP contribution is 2.64. The number of fused-ring (bicyclic) bond motifs is 1. The molecule has 5 atom stereocenters. The highest BCUT2D eigenvalue weighted by atomic mass is 16.5. The fraction of sp³-hybridized carbons (Fsp3) is 0.457. The van der Waals surface area contributed by atoms with Crippen molar-refractivity contribution in [3.8, 4) is 0 Å². The molecule has 3 heterocycles. The number of ether oxygens (including phenoxy) is 1. The Morgan fingerprint density at radius 1 is 1.02 bits per heavy atom. The van der Waals surface area contributed by atoms with Crippen molar-refractivity contribution in [1.29, 1.82) is 0 Å². The summed E-state index contributed by atoms with van der Waals surface area (Å²) in [4.78, 5) is 48.6. The summed E-state index contributed by atoms with van der Waals surface area (Å²) in [5, 5.41) is 10.1. The Morgan fingerprint density at radius 2 is 1.70 bits per heavy atom. The molecule has 3 saturated heterocycles. The van der Waals surface area contributed by atoms with Crippen molar-refractivity contribution < 1.29 is 24.2 Å². The summed E-state index contributed by atoms with van der Waals surface area (Å²) in [6.45, 7) is 14.3. The molecule has 3 aliphatic heterocycles. The molecule has 8 heteroatoms. The van der Waals surface area contributed by atoms with Gasteiger partial charge >= 0.3 is 0 Å². The number of likely N-dealkylation sites (tertiary alicyclic amines) is 1. The van der Waals surface area contributed by atoms with Gasteiger partial charge < -0.3 is 24.5 Å². The molecule has 0 saturated carbocycles. The summed E-state index contributed by atoms with van der Waals surface area (Å²) in [6, 6.07) is 14.6. The molecule has 1 spiro atoms. The second-order valence-corrected chi connectivity index (χ2v) is 12.1. The zero-order chi connectivity index (χ0) is 30.9. The van der Waals surface area contributed by atoms with Crippen LogP contribution >= 0.6 is 0 Å². The van der Waals surface area contributed by atoms with E-state index in [0.717, 1.165) is 22.4 Å². The number of carbonyl (C=O) groups excluding carboxylic acids is 3. The predicted octanol–water partition coefficient (Wildman–Crippen LogP) is 4.18. The number of hydrogen-bond donors (Lipinski definition) is 1. The normalized spacial score (nSPS) is 27.2. The molecule has 1 N–H and O–H groups in total. The highest BCUT2D eigenvalue weighted by Gasteiger charge is 2.79. The molecule has 2 bridgehead atoms. The largest absolute Gasteiger partial charge is 0.395 e. The van der Waals surface area contributed by atoms with Gasteiger partial charge in [-0.1, -0.05) is 67.6 Å². The van der Waals surface area contributed by atoms with Gasteiger partial charge in [0.15, 0.2) is 0 Å². The van der Waals surface area contributed by atoms with Crippen molar-refractivity contribution >= 4 is 23.4 Å². The lowest BCUT2D eigenvalue weighted by Crippen LogP contribution is -2.57. The number of carbonyl (C=O) groups is 3. The quantitative estimate of drug-likeness (QED) is 0.378. The summed E-state index contributed by atoms with van der Waals surface area (Å²) in [5.41, 5.74) is 1.56. The lowest BCUT2D eigenvalue weighted by Gasteiger charge is -2.37. The zero-order valence-corrected chi connectivity index (χ0v) is 25.5. The SMILES string of the molecule is C=CCN(Cc1ccccc1)C(=O)[C@H]1[C@H]2C(=O)N(CCO)C(C(=O)N(CC=C)c3c(C)cccc3C)C23CC[C@]1(CC)O3. The minimum atomic E-state index is -1.18. The van der Waals surface area contributed by atoms with Crippen LogP contribution in [0.5, 0.6) is 0 Å². The number of amides is 3. The Bertz CT molecular complexity index is 1390. The van der Waals surface area contributed by atoms with Gasteiger partial charge in [-0.2, -0.15) is 0 Å². The number of aliphatic hydroxyl groups is 1. The molecule has 5 rings (SSSR count). The number of benzene rings is 2. The molecular weight excluding hydrogens is 542 g/mol. The molecule has 0 aliphatic carbocycles. The lowest BCUT2D eigenvalue weighted by molar-refractivity contribution is -0.151. The van der Waals surface area contributed by atoms with E-state index in [2.05, 4.69) is 13.2 Å². The smallest absolute Gasteiger partial charge is 0.253 e. The van der Waals surface area contributed by atoms with E-state index >= 15 is 0 Å². The van der Waals surface area contributed by atoms with E-state index in [1.807, 2.05) is 69.3 Å². The number of hydrogen-bond acceptors (Lipinski definition) is 5. The van der Waals surface area contributed by atoms with Gasteiger partial charge in [-0.05, 0) is 49.8 Å². The molecule has 0 radical (unpaired) electrons. The van der Waals surface area contributed by atoms with Crippen LogP contribution in [0.2, 0.25) is 0 Å². The van der Waals surface area contributed by atoms with Crippen molar-refractivity contribution in [2.45, 2.75) is 63.8 Å². The van der Waals surface area contributed by atoms with Crippen LogP contribution < -0.4 is 4.90 Å². The average Bonchev–Trinajstić information content (AvgIpc) is 3.60. The van der Waals surface area contributed by atoms with Crippen molar-refractivity contribution in [2.75, 3.05) is 31.1 Å². The minimum Gasteiger partial charge on any atom is -0.395 e. The zero-order valence-electron chi connectivity index (χ0n) is 25.5. The van der Waals surface area contributed by atoms with Crippen LogP contribution in [0.25, 0.3) is 0 Å². The van der Waals surface area contributed by atoms with Gasteiger partial charge in [0.25, 0.3) is 5.91 Å². The molecule has 0 aromatic heterocycles. The van der Waals surface area contributed by atoms with Gasteiger partial charge in [-0.15, -0.1) is 13.2 Å². The first-order chi connectivity index (χ1) is 20.7. The molecular formula is C35H43N3O5. The fourth-order valence-electron chi connectivity index (χ4n) is 7.91. The Morgan fingerprint density at radius 3 is 2.30 bits per heavy atom. The topological polar surface area (TPSA) is 90.4 Å². The second kappa shape index (κ2) is 12.1. The van der Waals surface area contributed by atoms with Gasteiger partial charge in [0.05, 0.1) is 24.0 Å². The first-order valence-electron chi connectivity index (χ1n) is 15.2. The minimum absolute atomic E-state index is 0.0219. The van der Waals surface area contributed by atoms with Crippen LogP contribution in [0.4, 0.5) is 5.69 Å². The molecule has 43 heavy (non-hydrogen) atoms. The summed E-state index contributed by atoms with van der Waals surface area (Å²) in [6.07, 6.45) is 4.96. The number of β-amino-alcohol motifs (C(OH)–C–C–N with tert-alkyl or cyclic N) is 1. The number of rotatable bonds is 12. The summed E-state index contributed by atoms with van der Waals surface area (Å²) < 4.78 is 6.95. The summed E-state index contributed by atoms with van der Waals surface area (Å²) in [5.74, 6) is -2.34. The monoisotopic (exact) mass is 585 g/mol. The predicted molar refractivity (Wildman–Crippen MR) is 166 cm³/mol. The van der Waals surface area contributed by atoms with Crippen molar-refractivity contribution in [3.63, 3.8) is 0 Å². The van der Waals surface area contributed by atoms with E-state index in [1.165, 1.54) is 4.90 Å². The van der Waals surface area contributed by atoms with Gasteiger partial charge in [-0.3, -0.25) is 14.4 Å². The van der Waals surface area contributed by atoms with Crippen LogP contribution in [-0.4, -0.2) is 76.1 Å². The van der Waals surface area contributed by atoms with E-state index in [-0.39, 0.29) is 37.4 Å². The maximum Gasteiger partial charge on any atom is 0.253 e. The fourth-order valence-corrected chi connectivity index (χ4v) is 7.91. The standard InChI is InChI=1S/C35H43N3O5/c1-6-19-36(23-26-15-10-9-11-16-26)31(40)27-28-32(41)38(21-22-39)30(35(28)18-17-34(27,8-3)43-35)33(42)37(20-7-2)29-24(4)13-12-14-25(29)5/h6-7,9-16,27-28,30,39H,1-2,8,17-23H2,3-5H3/t27-,28+,30?,34+,35?/m1/s1. The molecule has 3 aliphatic rings. The maximum absolute atomic E-state index is 14.8. The third-order valence-corrected chi connectivity index (χ3v) is 9.69. The number of anilines is 1. The number of aryl methyl sites for hydroxylation is 2. The van der Waals surface area contributed by atoms with Crippen molar-refractivity contribution in [1.82, 2.24) is 9.80 Å². The first kappa shape index (κ1) is 30.7. The molecule has 228 valence electrons. The van der Waals surface area contributed by atoms with Crippen LogP contribution in [0, 0.1) is 25.7 Å². The molecule has 2 aromatic carbocycles. The van der Waals surface area contributed by atoms with E-state index in [0.29, 0.717) is 32.4 Å². The van der Waals surface area contributed by atoms with E-state index < -0.39 is 29.1 Å². The van der Waals surface area contributed by atoms with Gasteiger partial charge in [-0.25, -0.2) is 0 Å². The van der Waals surface area contributed by atoms with E-state index in [1.54, 1.807) is 22.0 Å². The number of para-hydroxylation sites is 1. The Balaban J connectivity index is 1.59. The third kappa shape index (κ3) is 4.90. The average molecular weight is 586 g/mol. The van der Waals surface area contributed by atoms with E-state index in [9.17, 15) is 19.5 Å². The third-order valence-electron chi connectivity index (χ3n) is 9.69. The van der Waals surface area contributed by atoms with Crippen LogP contribution in [0.15, 0.2) is 73.8 Å². The van der Waals surface area contributed by atoms with Crippen molar-refractivity contribution in [2.24, 2.45) is 11.8 Å². The van der Waals surface area contributed by atoms with Gasteiger partial charge in [0.2, 0.25) is 11.8 Å². The van der Waals surface area contributed by atoms with Gasteiger partial charge in [0, 0.05) is 31.9 Å². The molecule has 3 amide bonds. The lowest BCUT2D eigenvalue weighted by atomic mass is 9.64. The van der Waals surface area contributed by atoms with E-state index in [4.69, 9.17) is 4.74 Å². The molecule has 3 fully saturated rings. The van der Waals surface area contributed by atoms with Crippen molar-refractivity contribution in [3.05, 3.63) is 90.5 Å². The second-order valence-electron chi connectivity index (χ2n) is 12.1. The van der Waals surface area contributed by atoms with Gasteiger partial charge in [0.1, 0.15) is 11.6 Å². The van der Waals surface area contributed by atoms with Crippen LogP contribution in [-0.2, 0) is 25.7 Å². The Kier molecular flexibility index (Phi) is 8.63. The first-order valence-corrected chi connectivity index (χ1v) is 15.2. The molecule has 8 nitrogen and oxygen atoms in total. The Labute approximate surface area is 254 Å². The molecule has 2 aromatic rings. The summed E-state index contributed by atoms with van der Waals surface area (Å²) in [7, 11) is 0. The Hall–Kier alpha value is -3.75. The van der Waals surface area contributed by atoms with Crippen LogP contribution in [0.3, 0.4) is 0 Å². The maximum atomic E-state index is 14.8.